The van der Waals surface area contributed by atoms with Crippen LogP contribution < -0.4 is 9.70 Å². The van der Waals surface area contributed by atoms with Gasteiger partial charge in [0, 0.05) is 18.8 Å². The third kappa shape index (κ3) is 4.42. The number of anilines is 1. The van der Waals surface area contributed by atoms with Gasteiger partial charge in [0.2, 0.25) is 5.91 Å². The highest BCUT2D eigenvalue weighted by molar-refractivity contribution is 8.00. The Morgan fingerprint density at radius 2 is 1.93 bits per heavy atom. The van der Waals surface area contributed by atoms with Crippen LogP contribution >= 0.6 is 23.1 Å². The monoisotopic (exact) mass is 437 g/mol. The molecular weight excluding hydrogens is 414 g/mol. The lowest BCUT2D eigenvalue weighted by molar-refractivity contribution is -0.116. The van der Waals surface area contributed by atoms with Gasteiger partial charge in [-0.2, -0.15) is 4.99 Å². The number of nitrogens with zero attached hydrogens (tertiary/aromatic N) is 3. The highest BCUT2D eigenvalue weighted by Crippen LogP contribution is 2.27. The van der Waals surface area contributed by atoms with Gasteiger partial charge in [0.1, 0.15) is 0 Å². The van der Waals surface area contributed by atoms with E-state index < -0.39 is 0 Å². The van der Waals surface area contributed by atoms with E-state index in [9.17, 15) is 9.59 Å². The van der Waals surface area contributed by atoms with Gasteiger partial charge in [0.15, 0.2) is 4.80 Å². The van der Waals surface area contributed by atoms with Gasteiger partial charge < -0.3 is 9.47 Å². The number of carbonyl (C=O) groups is 2. The Hall–Kier alpha value is -2.64. The summed E-state index contributed by atoms with van der Waals surface area (Å²) >= 11 is 2.81. The molecule has 0 fully saturated rings. The zero-order chi connectivity index (χ0) is 20.9. The van der Waals surface area contributed by atoms with Crippen molar-refractivity contribution in [1.29, 1.82) is 0 Å². The first-order valence-electron chi connectivity index (χ1n) is 9.90. The molecule has 4 rings (SSSR count). The van der Waals surface area contributed by atoms with Crippen molar-refractivity contribution in [3.63, 3.8) is 0 Å². The minimum Gasteiger partial charge on any atom is -0.313 e. The molecule has 0 radical (unpaired) electrons. The fraction of sp³-hybridized carbons (Fsp3) is 0.261. The van der Waals surface area contributed by atoms with Crippen molar-refractivity contribution in [3.05, 3.63) is 71.6 Å². The summed E-state index contributed by atoms with van der Waals surface area (Å²) in [6, 6.07) is 16.0. The third-order valence-corrected chi connectivity index (χ3v) is 6.94. The summed E-state index contributed by atoms with van der Waals surface area (Å²) in [5, 5.41) is 0. The summed E-state index contributed by atoms with van der Waals surface area (Å²) in [6.07, 6.45) is 3.77. The molecule has 0 unspecified atom stereocenters. The predicted molar refractivity (Wildman–Crippen MR) is 125 cm³/mol. The van der Waals surface area contributed by atoms with E-state index in [-0.39, 0.29) is 23.3 Å². The molecule has 2 aromatic carbocycles. The first-order valence-corrected chi connectivity index (χ1v) is 11.9. The third-order valence-electron chi connectivity index (χ3n) is 4.98. The largest absolute Gasteiger partial charge is 0.313 e. The zero-order valence-corrected chi connectivity index (χ0v) is 18.3. The molecule has 1 aliphatic heterocycles. The lowest BCUT2D eigenvalue weighted by Gasteiger charge is -2.29. The van der Waals surface area contributed by atoms with Gasteiger partial charge >= 0.3 is 0 Å². The van der Waals surface area contributed by atoms with Crippen LogP contribution in [0.4, 0.5) is 5.69 Å². The molecule has 5 nitrogen and oxygen atoms in total. The smallest absolute Gasteiger partial charge is 0.258 e. The first-order chi connectivity index (χ1) is 14.7. The van der Waals surface area contributed by atoms with Crippen LogP contribution in [0.1, 0.15) is 12.0 Å². The topological polar surface area (TPSA) is 54.7 Å². The van der Waals surface area contributed by atoms with Crippen molar-refractivity contribution in [2.24, 2.45) is 4.99 Å². The van der Waals surface area contributed by atoms with Gasteiger partial charge in [0.25, 0.3) is 5.91 Å². The Kier molecular flexibility index (Phi) is 6.50. The van der Waals surface area contributed by atoms with Crippen LogP contribution in [-0.4, -0.2) is 34.4 Å². The minimum absolute atomic E-state index is 0.0449. The molecule has 0 saturated carbocycles. The Bertz CT molecular complexity index is 1160. The number of allylic oxidation sites excluding steroid dienone is 1. The average Bonchev–Trinajstić information content (AvgIpc) is 3.10. The van der Waals surface area contributed by atoms with Crippen molar-refractivity contribution >= 4 is 50.8 Å². The number of hydrogen-bond acceptors (Lipinski definition) is 4. The van der Waals surface area contributed by atoms with Crippen molar-refractivity contribution in [2.75, 3.05) is 23.0 Å². The summed E-state index contributed by atoms with van der Waals surface area (Å²) in [5.41, 5.74) is 3.26. The van der Waals surface area contributed by atoms with E-state index >= 15 is 0 Å². The number of rotatable bonds is 6. The van der Waals surface area contributed by atoms with Crippen molar-refractivity contribution in [3.8, 4) is 0 Å². The van der Waals surface area contributed by atoms with Crippen LogP contribution in [0.3, 0.4) is 0 Å². The van der Waals surface area contributed by atoms with Gasteiger partial charge in [-0.3, -0.25) is 9.59 Å². The molecular formula is C23H23N3O2S2. The van der Waals surface area contributed by atoms with E-state index in [2.05, 4.69) is 17.6 Å². The maximum Gasteiger partial charge on any atom is 0.258 e. The van der Waals surface area contributed by atoms with E-state index in [1.807, 2.05) is 51.9 Å². The quantitative estimate of drug-likeness (QED) is 0.547. The number of amides is 2. The van der Waals surface area contributed by atoms with Crippen molar-refractivity contribution in [2.45, 2.75) is 19.4 Å². The lowest BCUT2D eigenvalue weighted by atomic mass is 10.0. The second-order valence-electron chi connectivity index (χ2n) is 7.03. The van der Waals surface area contributed by atoms with Gasteiger partial charge in [-0.25, -0.2) is 0 Å². The van der Waals surface area contributed by atoms with Crippen LogP contribution in [0.15, 0.2) is 66.2 Å². The van der Waals surface area contributed by atoms with Crippen LogP contribution in [0.25, 0.3) is 10.2 Å². The summed E-state index contributed by atoms with van der Waals surface area (Å²) in [4.78, 5) is 32.0. The molecule has 0 saturated heterocycles. The molecule has 0 N–H and O–H groups in total. The second-order valence-corrected chi connectivity index (χ2v) is 9.02. The van der Waals surface area contributed by atoms with E-state index in [0.29, 0.717) is 11.3 Å². The number of para-hydroxylation sites is 2. The number of benzene rings is 2. The molecule has 3 aromatic rings. The lowest BCUT2D eigenvalue weighted by Crippen LogP contribution is -2.36. The van der Waals surface area contributed by atoms with E-state index in [0.717, 1.165) is 35.3 Å². The number of thioether (sulfide) groups is 1. The summed E-state index contributed by atoms with van der Waals surface area (Å²) in [5.74, 6) is 0.276. The molecule has 1 aliphatic rings. The van der Waals surface area contributed by atoms with Gasteiger partial charge in [0.05, 0.1) is 21.7 Å². The van der Waals surface area contributed by atoms with Crippen molar-refractivity contribution in [1.82, 2.24) is 4.57 Å². The number of thiazole rings is 1. The number of carbonyl (C=O) groups excluding carboxylic acids is 2. The molecule has 0 bridgehead atoms. The maximum absolute atomic E-state index is 12.7. The highest BCUT2D eigenvalue weighted by Gasteiger charge is 2.22. The normalized spacial score (nSPS) is 14.0. The predicted octanol–water partition coefficient (Wildman–Crippen LogP) is 4.03. The summed E-state index contributed by atoms with van der Waals surface area (Å²) in [6.45, 7) is 5.13. The molecule has 7 heteroatoms. The molecule has 30 heavy (non-hydrogen) atoms. The van der Waals surface area contributed by atoms with Crippen LogP contribution in [0.2, 0.25) is 0 Å². The number of aryl methyl sites for hydroxylation is 1. The van der Waals surface area contributed by atoms with Gasteiger partial charge in [-0.05, 0) is 36.6 Å². The van der Waals surface area contributed by atoms with E-state index in [1.165, 1.54) is 28.7 Å². The summed E-state index contributed by atoms with van der Waals surface area (Å²) < 4.78 is 3.07. The standard InChI is InChI=1S/C23H23N3O2S2/c1-2-13-26-19-11-5-6-12-20(19)30-23(26)24-21(27)15-29-16-22(28)25-14-7-9-17-8-3-4-10-18(17)25/h2-6,8,10-12H,1,7,9,13-16H2. The SMILES string of the molecule is C=CCn1c(=NC(=O)CSCC(=O)N2CCCc3ccccc32)sc2ccccc21. The van der Waals surface area contributed by atoms with Gasteiger partial charge in [-0.15, -0.1) is 18.3 Å². The van der Waals surface area contributed by atoms with Crippen molar-refractivity contribution < 1.29 is 9.59 Å². The van der Waals surface area contributed by atoms with Gasteiger partial charge in [-0.1, -0.05) is 47.7 Å². The Balaban J connectivity index is 1.41. The Morgan fingerprint density at radius 3 is 2.80 bits per heavy atom. The number of aromatic nitrogens is 1. The van der Waals surface area contributed by atoms with Crippen LogP contribution in [-0.2, 0) is 22.6 Å². The average molecular weight is 438 g/mol. The summed E-state index contributed by atoms with van der Waals surface area (Å²) in [7, 11) is 0. The molecule has 0 spiro atoms. The van der Waals surface area contributed by atoms with E-state index in [1.54, 1.807) is 6.08 Å². The number of hydrogen-bond donors (Lipinski definition) is 0. The zero-order valence-electron chi connectivity index (χ0n) is 16.6. The molecule has 0 atom stereocenters. The number of fused-ring (bicyclic) bond motifs is 2. The molecule has 0 aliphatic carbocycles. The highest BCUT2D eigenvalue weighted by atomic mass is 32.2. The minimum atomic E-state index is -0.226. The molecule has 2 heterocycles. The van der Waals surface area contributed by atoms with Crippen LogP contribution in [0, 0.1) is 0 Å². The molecule has 154 valence electrons. The Labute approximate surface area is 183 Å². The van der Waals surface area contributed by atoms with Crippen LogP contribution in [0.5, 0.6) is 0 Å². The Morgan fingerprint density at radius 1 is 1.13 bits per heavy atom. The first kappa shape index (κ1) is 20.6. The second kappa shape index (κ2) is 9.45. The fourth-order valence-corrected chi connectivity index (χ4v) is 5.38. The molecule has 2 amide bonds. The maximum atomic E-state index is 12.7. The fourth-order valence-electron chi connectivity index (χ4n) is 3.65. The van der Waals surface area contributed by atoms with E-state index in [4.69, 9.17) is 0 Å². The molecule has 1 aromatic heterocycles.